The van der Waals surface area contributed by atoms with Gasteiger partial charge in [0, 0.05) is 17.3 Å². The Kier molecular flexibility index (Phi) is 7.47. The van der Waals surface area contributed by atoms with Gasteiger partial charge in [-0.3, -0.25) is 4.79 Å². The number of nitrogens with zero attached hydrogens (tertiary/aromatic N) is 2. The summed E-state index contributed by atoms with van der Waals surface area (Å²) in [6.07, 6.45) is 0.283. The van der Waals surface area contributed by atoms with E-state index in [9.17, 15) is 19.1 Å². The Morgan fingerprint density at radius 2 is 1.67 bits per heavy atom. The van der Waals surface area contributed by atoms with Crippen molar-refractivity contribution in [1.29, 1.82) is 0 Å². The van der Waals surface area contributed by atoms with Crippen molar-refractivity contribution in [3.63, 3.8) is 0 Å². The van der Waals surface area contributed by atoms with Crippen molar-refractivity contribution in [3.8, 4) is 28.6 Å². The van der Waals surface area contributed by atoms with Crippen LogP contribution in [0.5, 0.6) is 17.4 Å². The summed E-state index contributed by atoms with van der Waals surface area (Å²) in [4.78, 5) is 32.5. The van der Waals surface area contributed by atoms with Crippen LogP contribution in [0.4, 0.5) is 15.0 Å². The van der Waals surface area contributed by atoms with Crippen LogP contribution in [0.25, 0.3) is 11.3 Å². The van der Waals surface area contributed by atoms with Crippen molar-refractivity contribution in [2.75, 3.05) is 11.9 Å². The Labute approximate surface area is 205 Å². The first-order valence-corrected chi connectivity index (χ1v) is 10.8. The lowest BCUT2D eigenvalue weighted by Gasteiger charge is -2.16. The number of hydrogen-bond donors (Lipinski definition) is 3. The number of anilines is 1. The number of benzene rings is 2. The number of halogens is 1. The molecule has 0 radical (unpaired) electrons. The largest absolute Gasteiger partial charge is 0.457 e. The van der Waals surface area contributed by atoms with E-state index in [1.54, 1.807) is 48.5 Å². The average molecular weight is 488 g/mol. The van der Waals surface area contributed by atoms with Gasteiger partial charge in [0.2, 0.25) is 11.8 Å². The predicted octanol–water partition coefficient (Wildman–Crippen LogP) is 4.25. The van der Waals surface area contributed by atoms with E-state index in [0.717, 1.165) is 5.56 Å². The highest BCUT2D eigenvalue weighted by atomic mass is 19.1. The molecule has 2 heterocycles. The van der Waals surface area contributed by atoms with Gasteiger partial charge in [0.25, 0.3) is 0 Å². The topological polar surface area (TPSA) is 137 Å². The molecule has 4 N–H and O–H groups in total. The van der Waals surface area contributed by atoms with Crippen LogP contribution in [0.2, 0.25) is 0 Å². The average Bonchev–Trinajstić information content (AvgIpc) is 2.87. The van der Waals surface area contributed by atoms with Crippen molar-refractivity contribution < 1.29 is 28.6 Å². The summed E-state index contributed by atoms with van der Waals surface area (Å²) in [7, 11) is 0. The number of aromatic nitrogens is 2. The lowest BCUT2D eigenvalue weighted by molar-refractivity contribution is -0.118. The van der Waals surface area contributed by atoms with Gasteiger partial charge in [-0.1, -0.05) is 12.1 Å². The van der Waals surface area contributed by atoms with E-state index in [0.29, 0.717) is 17.2 Å². The molecule has 0 saturated heterocycles. The van der Waals surface area contributed by atoms with Crippen LogP contribution in [0.3, 0.4) is 0 Å². The fourth-order valence-corrected chi connectivity index (χ4v) is 3.38. The minimum atomic E-state index is -1.09. The third-order valence-electron chi connectivity index (χ3n) is 5.07. The molecule has 0 spiro atoms. The van der Waals surface area contributed by atoms with Crippen LogP contribution in [0.15, 0.2) is 85.1 Å². The molecule has 0 fully saturated rings. The minimum Gasteiger partial charge on any atom is -0.457 e. The van der Waals surface area contributed by atoms with Crippen LogP contribution in [-0.2, 0) is 4.79 Å². The smallest absolute Gasteiger partial charge is 0.411 e. The molecule has 2 aromatic carbocycles. The Morgan fingerprint density at radius 1 is 0.972 bits per heavy atom. The lowest BCUT2D eigenvalue weighted by Crippen LogP contribution is -2.26. The maximum atomic E-state index is 13.1. The number of aliphatic hydroxyl groups excluding tert-OH is 1. The zero-order chi connectivity index (χ0) is 25.5. The number of pyridine rings is 2. The summed E-state index contributed by atoms with van der Waals surface area (Å²) in [6, 6.07) is 20.9. The lowest BCUT2D eigenvalue weighted by atomic mass is 10.0. The molecule has 0 saturated carbocycles. The monoisotopic (exact) mass is 488 g/mol. The molecule has 182 valence electrons. The van der Waals surface area contributed by atoms with Crippen LogP contribution in [-0.4, -0.2) is 33.7 Å². The van der Waals surface area contributed by atoms with Crippen LogP contribution in [0, 0.1) is 5.82 Å². The Morgan fingerprint density at radius 3 is 2.33 bits per heavy atom. The molecule has 0 aliphatic carbocycles. The molecule has 10 heteroatoms. The van der Waals surface area contributed by atoms with Crippen LogP contribution >= 0.6 is 0 Å². The van der Waals surface area contributed by atoms with Gasteiger partial charge in [-0.25, -0.2) is 19.2 Å². The van der Waals surface area contributed by atoms with Crippen molar-refractivity contribution >= 4 is 17.8 Å². The highest BCUT2D eigenvalue weighted by molar-refractivity contribution is 5.96. The van der Waals surface area contributed by atoms with Gasteiger partial charge in [-0.2, -0.15) is 0 Å². The van der Waals surface area contributed by atoms with Crippen molar-refractivity contribution in [1.82, 2.24) is 9.97 Å². The maximum Gasteiger partial charge on any atom is 0.411 e. The summed E-state index contributed by atoms with van der Waals surface area (Å²) < 4.78 is 23.6. The summed E-state index contributed by atoms with van der Waals surface area (Å²) in [5, 5.41) is 12.5. The highest BCUT2D eigenvalue weighted by Gasteiger charge is 2.25. The van der Waals surface area contributed by atoms with Gasteiger partial charge >= 0.3 is 6.09 Å². The molecule has 0 aliphatic rings. The fourth-order valence-electron chi connectivity index (χ4n) is 3.38. The van der Waals surface area contributed by atoms with Gasteiger partial charge in [-0.05, 0) is 66.7 Å². The molecule has 4 rings (SSSR count). The first-order chi connectivity index (χ1) is 17.4. The zero-order valence-electron chi connectivity index (χ0n) is 18.8. The molecule has 0 unspecified atom stereocenters. The number of carbonyl (C=O) groups is 2. The zero-order valence-corrected chi connectivity index (χ0v) is 18.8. The highest BCUT2D eigenvalue weighted by Crippen LogP contribution is 2.28. The van der Waals surface area contributed by atoms with Crippen molar-refractivity contribution in [3.05, 3.63) is 96.4 Å². The van der Waals surface area contributed by atoms with Crippen molar-refractivity contribution in [2.45, 2.75) is 5.92 Å². The molecule has 9 nitrogen and oxygen atoms in total. The number of primary amides is 1. The Balaban J connectivity index is 1.48. The van der Waals surface area contributed by atoms with Crippen LogP contribution < -0.4 is 20.5 Å². The number of amides is 2. The molecule has 0 aliphatic heterocycles. The summed E-state index contributed by atoms with van der Waals surface area (Å²) in [5.74, 6) is -0.850. The van der Waals surface area contributed by atoms with E-state index in [1.807, 2.05) is 0 Å². The van der Waals surface area contributed by atoms with E-state index in [2.05, 4.69) is 15.3 Å². The predicted molar refractivity (Wildman–Crippen MR) is 129 cm³/mol. The number of ether oxygens (including phenoxy) is 2. The molecule has 2 amide bonds. The molecule has 4 aromatic rings. The van der Waals surface area contributed by atoms with E-state index < -0.39 is 24.5 Å². The second kappa shape index (κ2) is 11.1. The number of hydrogen-bond acceptors (Lipinski definition) is 7. The van der Waals surface area contributed by atoms with Gasteiger partial charge < -0.3 is 25.6 Å². The van der Waals surface area contributed by atoms with Gasteiger partial charge in [0.05, 0.1) is 18.2 Å². The maximum absolute atomic E-state index is 13.1. The van der Waals surface area contributed by atoms with E-state index in [1.165, 1.54) is 36.5 Å². The standard InChI is InChI=1S/C26H21FN4O5/c27-17-8-12-19(13-9-17)35-18-10-6-16(7-11-18)22-4-1-5-23(30-22)31-24(33)21(15-32)20-3-2-14-29-25(20)36-26(28)34/h1-14,21,32H,15H2,(H2,28,34)(H,30,31,33)/t21-/m1/s1. The summed E-state index contributed by atoms with van der Waals surface area (Å²) >= 11 is 0. The SMILES string of the molecule is NC(=O)Oc1ncccc1[C@@H](CO)C(=O)Nc1cccc(-c2ccc(Oc3ccc(F)cc3)cc2)n1. The number of aliphatic hydroxyl groups is 1. The Hall–Kier alpha value is -4.83. The number of nitrogens with two attached hydrogens (primary N) is 1. The van der Waals surface area contributed by atoms with Crippen molar-refractivity contribution in [2.24, 2.45) is 5.73 Å². The third kappa shape index (κ3) is 5.99. The molecule has 36 heavy (non-hydrogen) atoms. The second-order valence-corrected chi connectivity index (χ2v) is 7.53. The fraction of sp³-hybridized carbons (Fsp3) is 0.0769. The molecule has 1 atom stereocenters. The number of rotatable bonds is 8. The number of nitrogens with one attached hydrogen (secondary N) is 1. The van der Waals surface area contributed by atoms with Gasteiger partial charge in [0.15, 0.2) is 0 Å². The molecular formula is C26H21FN4O5. The van der Waals surface area contributed by atoms with Gasteiger partial charge in [0.1, 0.15) is 23.1 Å². The molecule has 0 bridgehead atoms. The van der Waals surface area contributed by atoms with Crippen LogP contribution in [0.1, 0.15) is 11.5 Å². The first-order valence-electron chi connectivity index (χ1n) is 10.8. The third-order valence-corrected chi connectivity index (χ3v) is 5.07. The first kappa shape index (κ1) is 24.3. The minimum absolute atomic E-state index is 0.163. The summed E-state index contributed by atoms with van der Waals surface area (Å²) in [5.41, 5.74) is 6.61. The second-order valence-electron chi connectivity index (χ2n) is 7.53. The summed E-state index contributed by atoms with van der Waals surface area (Å²) in [6.45, 7) is -0.568. The molecular weight excluding hydrogens is 467 g/mol. The van der Waals surface area contributed by atoms with E-state index in [-0.39, 0.29) is 23.1 Å². The van der Waals surface area contributed by atoms with E-state index in [4.69, 9.17) is 15.2 Å². The number of carbonyl (C=O) groups excluding carboxylic acids is 2. The quantitative estimate of drug-likeness (QED) is 0.337. The van der Waals surface area contributed by atoms with E-state index >= 15 is 0 Å². The normalized spacial score (nSPS) is 11.4. The van der Waals surface area contributed by atoms with Gasteiger partial charge in [-0.15, -0.1) is 0 Å². The Bertz CT molecular complexity index is 1360. The molecule has 2 aromatic heterocycles.